The summed E-state index contributed by atoms with van der Waals surface area (Å²) in [5.41, 5.74) is -12.4. The lowest BCUT2D eigenvalue weighted by Crippen LogP contribution is -2.30. The topological polar surface area (TPSA) is 91.2 Å². The van der Waals surface area contributed by atoms with Gasteiger partial charge >= 0.3 is 11.0 Å². The fraction of sp³-hybridized carbons (Fsp3) is 0.750. The van der Waals surface area contributed by atoms with Crippen LogP contribution >= 0.6 is 0 Å². The van der Waals surface area contributed by atoms with E-state index in [1.807, 2.05) is 17.0 Å². The third kappa shape index (κ3) is 13.9. The van der Waals surface area contributed by atoms with Crippen molar-refractivity contribution in [3.63, 3.8) is 0 Å². The van der Waals surface area contributed by atoms with Crippen LogP contribution < -0.4 is 4.57 Å². The van der Waals surface area contributed by atoms with Crippen LogP contribution in [0.25, 0.3) is 10.3 Å². The molecule has 0 aliphatic rings. The van der Waals surface area contributed by atoms with Crippen LogP contribution in [0.1, 0.15) is 77.6 Å². The van der Waals surface area contributed by atoms with Crippen LogP contribution in [0.4, 0.5) is 26.3 Å². The largest absolute Gasteiger partial charge is 0.480 e. The number of imidazole rings is 1. The van der Waals surface area contributed by atoms with Gasteiger partial charge in [-0.2, -0.15) is 26.3 Å². The molecule has 1 aromatic rings. The second-order valence-corrected chi connectivity index (χ2v) is 11.2. The van der Waals surface area contributed by atoms with Crippen molar-refractivity contribution in [2.75, 3.05) is 0 Å². The Bertz CT molecular complexity index is 901. The molecule has 1 aromatic heterocycles. The lowest BCUT2D eigenvalue weighted by Gasteiger charge is -2.22. The van der Waals surface area contributed by atoms with Crippen LogP contribution in [0, 0.1) is 0 Å². The van der Waals surface area contributed by atoms with Crippen molar-refractivity contribution >= 4 is 26.2 Å². The zero-order valence-corrected chi connectivity index (χ0v) is 21.2. The molecular formula is C20H33F6N3O4S2. The van der Waals surface area contributed by atoms with E-state index in [1.54, 1.807) is 0 Å². The highest BCUT2D eigenvalue weighted by atomic mass is 32.3. The molecule has 206 valence electrons. The van der Waals surface area contributed by atoms with Crippen molar-refractivity contribution in [2.24, 2.45) is 0 Å². The number of sulfonamides is 2. The van der Waals surface area contributed by atoms with Gasteiger partial charge in [-0.25, -0.2) is 26.0 Å². The Morgan fingerprint density at radius 1 is 0.800 bits per heavy atom. The molecule has 15 heteroatoms. The molecule has 1 heterocycles. The number of rotatable bonds is 15. The van der Waals surface area contributed by atoms with E-state index in [1.165, 1.54) is 70.6 Å². The number of unbranched alkanes of at least 4 members (excludes halogenated alkanes) is 10. The highest BCUT2D eigenvalue weighted by Gasteiger charge is 2.46. The molecular weight excluding hydrogens is 524 g/mol. The van der Waals surface area contributed by atoms with Gasteiger partial charge in [0.2, 0.25) is 6.33 Å². The van der Waals surface area contributed by atoms with E-state index in [9.17, 15) is 43.2 Å². The molecule has 0 unspecified atom stereocenters. The highest BCUT2D eigenvalue weighted by Crippen LogP contribution is 2.36. The third-order valence-electron chi connectivity index (χ3n) is 4.72. The molecule has 0 aliphatic heterocycles. The van der Waals surface area contributed by atoms with E-state index in [0.29, 0.717) is 0 Å². The monoisotopic (exact) mass is 557 g/mol. The Labute approximate surface area is 203 Å². The SMILES string of the molecule is C=Cn1cc[n+](CCCCCCCCCCCCC)c1.O=S(=O)([N-]S(=O)(=O)C(F)(F)F)C(F)(F)F. The zero-order chi connectivity index (χ0) is 27.2. The van der Waals surface area contributed by atoms with Crippen LogP contribution in [0.2, 0.25) is 0 Å². The third-order valence-corrected chi connectivity index (χ3v) is 7.46. The molecule has 0 bridgehead atoms. The number of aryl methyl sites for hydroxylation is 1. The van der Waals surface area contributed by atoms with Crippen LogP contribution in [0.5, 0.6) is 0 Å². The summed E-state index contributed by atoms with van der Waals surface area (Å²) in [6.45, 7) is 7.17. The summed E-state index contributed by atoms with van der Waals surface area (Å²) < 4.78 is 113. The molecule has 0 aromatic carbocycles. The molecule has 7 nitrogen and oxygen atoms in total. The number of hydrogen-bond donors (Lipinski definition) is 0. The summed E-state index contributed by atoms with van der Waals surface area (Å²) in [4.78, 5) is 0. The van der Waals surface area contributed by atoms with E-state index >= 15 is 0 Å². The van der Waals surface area contributed by atoms with Gasteiger partial charge in [-0.3, -0.25) is 0 Å². The average molecular weight is 558 g/mol. The van der Waals surface area contributed by atoms with Crippen molar-refractivity contribution < 1.29 is 47.7 Å². The summed E-state index contributed by atoms with van der Waals surface area (Å²) in [7, 11) is -13.4. The first-order valence-electron chi connectivity index (χ1n) is 11.1. The normalized spacial score (nSPS) is 12.8. The van der Waals surface area contributed by atoms with Gasteiger partial charge in [0.25, 0.3) is 0 Å². The molecule has 0 amide bonds. The molecule has 0 N–H and O–H groups in total. The molecule has 0 radical (unpaired) electrons. The minimum atomic E-state index is -6.72. The second kappa shape index (κ2) is 15.5. The van der Waals surface area contributed by atoms with Gasteiger partial charge < -0.3 is 4.13 Å². The van der Waals surface area contributed by atoms with E-state index in [2.05, 4.69) is 30.6 Å². The van der Waals surface area contributed by atoms with Gasteiger partial charge in [0, 0.05) is 0 Å². The Balaban J connectivity index is 0.000000691. The Morgan fingerprint density at radius 2 is 1.20 bits per heavy atom. The van der Waals surface area contributed by atoms with Crippen molar-refractivity contribution in [3.8, 4) is 0 Å². The predicted octanol–water partition coefficient (Wildman–Crippen LogP) is 6.25. The molecule has 0 spiro atoms. The van der Waals surface area contributed by atoms with Gasteiger partial charge in [-0.15, -0.1) is 0 Å². The molecule has 0 saturated carbocycles. The summed E-state index contributed by atoms with van der Waals surface area (Å²) in [5.74, 6) is 0. The predicted molar refractivity (Wildman–Crippen MR) is 121 cm³/mol. The van der Waals surface area contributed by atoms with E-state index in [4.69, 9.17) is 0 Å². The number of halogens is 6. The second-order valence-electron chi connectivity index (χ2n) is 7.73. The number of nitrogens with zero attached hydrogens (tertiary/aromatic N) is 3. The van der Waals surface area contributed by atoms with Crippen LogP contribution in [-0.4, -0.2) is 32.4 Å². The summed E-state index contributed by atoms with van der Waals surface area (Å²) in [6.07, 6.45) is 23.6. The lowest BCUT2D eigenvalue weighted by atomic mass is 10.1. The smallest absolute Gasteiger partial charge is 0.421 e. The first kappa shape index (κ1) is 33.4. The molecule has 0 aliphatic carbocycles. The molecule has 0 saturated heterocycles. The molecule has 0 atom stereocenters. The molecule has 1 rings (SSSR count). The minimum absolute atomic E-state index is 0.778. The van der Waals surface area contributed by atoms with Gasteiger partial charge in [0.05, 0.1) is 12.7 Å². The first-order chi connectivity index (χ1) is 16.1. The average Bonchev–Trinajstić information content (AvgIpc) is 3.18. The van der Waals surface area contributed by atoms with E-state index < -0.39 is 31.1 Å². The fourth-order valence-corrected chi connectivity index (χ4v) is 4.53. The maximum Gasteiger partial charge on any atom is 0.480 e. The van der Waals surface area contributed by atoms with E-state index in [-0.39, 0.29) is 0 Å². The quantitative estimate of drug-likeness (QED) is 0.145. The van der Waals surface area contributed by atoms with Crippen LogP contribution in [0.3, 0.4) is 0 Å². The standard InChI is InChI=1S/C18H33N2.C2F6NO4S2/c1-3-5-6-7-8-9-10-11-12-13-14-15-20-17-16-19(4-2)18-20;3-1(4,5)14(10,11)9-15(12,13)2(6,7)8/h4,16-18H,2-3,5-15H2,1H3;/q+1;-1. The summed E-state index contributed by atoms with van der Waals surface area (Å²) >= 11 is 0. The lowest BCUT2D eigenvalue weighted by molar-refractivity contribution is -0.696. The summed E-state index contributed by atoms with van der Waals surface area (Å²) in [6, 6.07) is 0. The summed E-state index contributed by atoms with van der Waals surface area (Å²) in [5, 5.41) is 0. The zero-order valence-electron chi connectivity index (χ0n) is 19.6. The van der Waals surface area contributed by atoms with Crippen molar-refractivity contribution in [2.45, 2.75) is 95.1 Å². The Kier molecular flexibility index (Phi) is 14.8. The first-order valence-corrected chi connectivity index (χ1v) is 14.0. The Hall–Kier alpha value is -1.61. The number of hydrogen-bond acceptors (Lipinski definition) is 4. The Morgan fingerprint density at radius 3 is 1.54 bits per heavy atom. The van der Waals surface area contributed by atoms with Crippen LogP contribution in [-0.2, 0) is 26.6 Å². The van der Waals surface area contributed by atoms with Gasteiger partial charge in [-0.1, -0.05) is 71.3 Å². The minimum Gasteiger partial charge on any atom is -0.421 e. The molecule has 0 fully saturated rings. The maximum atomic E-state index is 11.4. The van der Waals surface area contributed by atoms with Gasteiger partial charge in [0.15, 0.2) is 20.0 Å². The fourth-order valence-electron chi connectivity index (χ4n) is 2.82. The maximum absolute atomic E-state index is 11.4. The van der Waals surface area contributed by atoms with E-state index in [0.717, 1.165) is 10.7 Å². The molecule has 35 heavy (non-hydrogen) atoms. The number of aromatic nitrogens is 2. The van der Waals surface area contributed by atoms with Crippen molar-refractivity contribution in [1.29, 1.82) is 0 Å². The number of alkyl halides is 6. The van der Waals surface area contributed by atoms with Crippen LogP contribution in [0.15, 0.2) is 25.3 Å². The highest BCUT2D eigenvalue weighted by molar-refractivity contribution is 8.13. The van der Waals surface area contributed by atoms with Crippen molar-refractivity contribution in [3.05, 3.63) is 29.4 Å². The van der Waals surface area contributed by atoms with Gasteiger partial charge in [0.1, 0.15) is 12.4 Å². The van der Waals surface area contributed by atoms with Gasteiger partial charge in [-0.05, 0) is 12.8 Å². The van der Waals surface area contributed by atoms with Crippen molar-refractivity contribution in [1.82, 2.24) is 4.57 Å².